The number of aliphatic hydroxyl groups excluding tert-OH is 1. The number of carbonyl (C=O) groups excluding carboxylic acids is 2. The maximum atomic E-state index is 11.1. The fourth-order valence-corrected chi connectivity index (χ4v) is 0.962. The van der Waals surface area contributed by atoms with Gasteiger partial charge in [0.15, 0.2) is 0 Å². The molecule has 0 aliphatic carbocycles. The third kappa shape index (κ3) is 8.19. The zero-order valence-corrected chi connectivity index (χ0v) is 9.62. The molecule has 0 heterocycles. The lowest BCUT2D eigenvalue weighted by atomic mass is 10.4. The van der Waals surface area contributed by atoms with Crippen LogP contribution >= 0.6 is 0 Å². The highest BCUT2D eigenvalue weighted by Crippen LogP contribution is 1.81. The fourth-order valence-electron chi connectivity index (χ4n) is 0.962. The summed E-state index contributed by atoms with van der Waals surface area (Å²) in [6.45, 7) is 3.84. The number of nitrogens with one attached hydrogen (secondary N) is 2. The summed E-state index contributed by atoms with van der Waals surface area (Å²) in [7, 11) is 0. The largest absolute Gasteiger partial charge is 0.396 e. The van der Waals surface area contributed by atoms with Gasteiger partial charge in [0, 0.05) is 32.9 Å². The minimum atomic E-state index is -0.662. The average Bonchev–Trinajstić information content (AvgIpc) is 2.28. The van der Waals surface area contributed by atoms with E-state index in [2.05, 4.69) is 10.6 Å². The Hall–Kier alpha value is -1.14. The molecular formula is C10H20N2O4. The van der Waals surface area contributed by atoms with E-state index in [-0.39, 0.29) is 6.61 Å². The van der Waals surface area contributed by atoms with E-state index in [9.17, 15) is 9.59 Å². The average molecular weight is 232 g/mol. The molecule has 0 rings (SSSR count). The van der Waals surface area contributed by atoms with Crippen LogP contribution in [0.3, 0.4) is 0 Å². The Morgan fingerprint density at radius 2 is 1.69 bits per heavy atom. The fraction of sp³-hybridized carbons (Fsp3) is 0.800. The van der Waals surface area contributed by atoms with Crippen molar-refractivity contribution < 1.29 is 19.4 Å². The van der Waals surface area contributed by atoms with Crippen molar-refractivity contribution in [1.29, 1.82) is 0 Å². The number of ether oxygens (including phenoxy) is 1. The molecule has 6 nitrogen and oxygen atoms in total. The molecule has 0 aliphatic rings. The van der Waals surface area contributed by atoms with E-state index in [0.717, 1.165) is 0 Å². The molecule has 0 spiro atoms. The van der Waals surface area contributed by atoms with Crippen LogP contribution < -0.4 is 10.6 Å². The molecule has 0 aromatic rings. The number of carbonyl (C=O) groups is 2. The normalized spacial score (nSPS) is 9.88. The maximum absolute atomic E-state index is 11.1. The number of amides is 2. The smallest absolute Gasteiger partial charge is 0.309 e. The summed E-state index contributed by atoms with van der Waals surface area (Å²) >= 11 is 0. The lowest BCUT2D eigenvalue weighted by Crippen LogP contribution is -2.40. The van der Waals surface area contributed by atoms with Gasteiger partial charge in [0.25, 0.3) is 0 Å². The van der Waals surface area contributed by atoms with Crippen molar-refractivity contribution in [2.45, 2.75) is 19.8 Å². The van der Waals surface area contributed by atoms with Crippen LogP contribution in [0.5, 0.6) is 0 Å². The molecule has 16 heavy (non-hydrogen) atoms. The summed E-state index contributed by atoms with van der Waals surface area (Å²) in [6.07, 6.45) is 1.13. The number of rotatable bonds is 8. The highest BCUT2D eigenvalue weighted by atomic mass is 16.5. The Morgan fingerprint density at radius 1 is 1.12 bits per heavy atom. The minimum absolute atomic E-state index is 0.00371. The first-order chi connectivity index (χ1) is 7.72. The van der Waals surface area contributed by atoms with Crippen molar-refractivity contribution in [2.75, 3.05) is 32.9 Å². The van der Waals surface area contributed by atoms with Crippen molar-refractivity contribution in [3.05, 3.63) is 0 Å². The zero-order chi connectivity index (χ0) is 12.2. The third-order valence-electron chi connectivity index (χ3n) is 1.78. The molecule has 0 bridgehead atoms. The first kappa shape index (κ1) is 14.9. The van der Waals surface area contributed by atoms with E-state index in [1.165, 1.54) is 0 Å². The third-order valence-corrected chi connectivity index (χ3v) is 1.78. The second kappa shape index (κ2) is 10.4. The van der Waals surface area contributed by atoms with Crippen LogP contribution in [0.15, 0.2) is 0 Å². The van der Waals surface area contributed by atoms with Gasteiger partial charge < -0.3 is 20.5 Å². The Kier molecular flexibility index (Phi) is 9.64. The van der Waals surface area contributed by atoms with Crippen LogP contribution in [0.1, 0.15) is 19.8 Å². The number of aliphatic hydroxyl groups is 1. The van der Waals surface area contributed by atoms with Crippen LogP contribution in [0, 0.1) is 0 Å². The molecule has 0 aromatic carbocycles. The number of hydrogen-bond acceptors (Lipinski definition) is 4. The van der Waals surface area contributed by atoms with Crippen molar-refractivity contribution in [2.24, 2.45) is 0 Å². The van der Waals surface area contributed by atoms with E-state index in [1.54, 1.807) is 0 Å². The van der Waals surface area contributed by atoms with Crippen LogP contribution in [0.25, 0.3) is 0 Å². The molecule has 0 fully saturated rings. The summed E-state index contributed by atoms with van der Waals surface area (Å²) in [5.41, 5.74) is 0. The minimum Gasteiger partial charge on any atom is -0.396 e. The molecule has 3 N–H and O–H groups in total. The van der Waals surface area contributed by atoms with Gasteiger partial charge >= 0.3 is 11.8 Å². The van der Waals surface area contributed by atoms with Crippen LogP contribution in [-0.4, -0.2) is 49.8 Å². The second-order valence-corrected chi connectivity index (χ2v) is 3.14. The van der Waals surface area contributed by atoms with Crippen molar-refractivity contribution in [3.8, 4) is 0 Å². The van der Waals surface area contributed by atoms with Gasteiger partial charge in [-0.3, -0.25) is 9.59 Å². The van der Waals surface area contributed by atoms with Crippen molar-refractivity contribution >= 4 is 11.8 Å². The van der Waals surface area contributed by atoms with E-state index in [0.29, 0.717) is 39.1 Å². The lowest BCUT2D eigenvalue weighted by molar-refractivity contribution is -0.139. The molecule has 0 radical (unpaired) electrons. The molecule has 0 saturated carbocycles. The predicted molar refractivity (Wildman–Crippen MR) is 58.8 cm³/mol. The van der Waals surface area contributed by atoms with Gasteiger partial charge in [0.1, 0.15) is 0 Å². The van der Waals surface area contributed by atoms with Gasteiger partial charge in [-0.05, 0) is 19.8 Å². The van der Waals surface area contributed by atoms with Gasteiger partial charge in [-0.25, -0.2) is 0 Å². The van der Waals surface area contributed by atoms with Gasteiger partial charge in [0.2, 0.25) is 0 Å². The van der Waals surface area contributed by atoms with Crippen LogP contribution in [0.4, 0.5) is 0 Å². The molecule has 0 aliphatic heterocycles. The summed E-state index contributed by atoms with van der Waals surface area (Å²) < 4.78 is 5.08. The molecule has 0 atom stereocenters. The Bertz CT molecular complexity index is 209. The molecule has 94 valence electrons. The molecule has 2 amide bonds. The summed E-state index contributed by atoms with van der Waals surface area (Å²) in [4.78, 5) is 22.2. The summed E-state index contributed by atoms with van der Waals surface area (Å²) in [6, 6.07) is 0. The van der Waals surface area contributed by atoms with Gasteiger partial charge in [-0.1, -0.05) is 0 Å². The van der Waals surface area contributed by atoms with Gasteiger partial charge in [-0.15, -0.1) is 0 Å². The molecule has 6 heteroatoms. The van der Waals surface area contributed by atoms with Crippen LogP contribution in [0.2, 0.25) is 0 Å². The van der Waals surface area contributed by atoms with E-state index in [4.69, 9.17) is 9.84 Å². The molecular weight excluding hydrogens is 212 g/mol. The highest BCUT2D eigenvalue weighted by Gasteiger charge is 2.10. The monoisotopic (exact) mass is 232 g/mol. The predicted octanol–water partition coefficient (Wildman–Crippen LogP) is -0.972. The first-order valence-corrected chi connectivity index (χ1v) is 5.47. The van der Waals surface area contributed by atoms with E-state index >= 15 is 0 Å². The summed E-state index contributed by atoms with van der Waals surface area (Å²) in [5, 5.41) is 13.3. The second-order valence-electron chi connectivity index (χ2n) is 3.14. The SMILES string of the molecule is CCOCCCNC(=O)C(=O)NCCCO. The molecule has 0 unspecified atom stereocenters. The standard InChI is InChI=1S/C10H20N2O4/c1-2-16-8-4-6-12-10(15)9(14)11-5-3-7-13/h13H,2-8H2,1H3,(H,11,14)(H,12,15). The first-order valence-electron chi connectivity index (χ1n) is 5.47. The molecule has 0 aromatic heterocycles. The highest BCUT2D eigenvalue weighted by molar-refractivity contribution is 6.35. The van der Waals surface area contributed by atoms with Gasteiger partial charge in [0.05, 0.1) is 0 Å². The maximum Gasteiger partial charge on any atom is 0.309 e. The van der Waals surface area contributed by atoms with Crippen molar-refractivity contribution in [1.82, 2.24) is 10.6 Å². The topological polar surface area (TPSA) is 87.7 Å². The quantitative estimate of drug-likeness (QED) is 0.371. The Morgan fingerprint density at radius 3 is 2.19 bits per heavy atom. The van der Waals surface area contributed by atoms with E-state index < -0.39 is 11.8 Å². The molecule has 0 saturated heterocycles. The van der Waals surface area contributed by atoms with Crippen molar-refractivity contribution in [3.63, 3.8) is 0 Å². The zero-order valence-electron chi connectivity index (χ0n) is 9.62. The summed E-state index contributed by atoms with van der Waals surface area (Å²) in [5.74, 6) is -1.31. The lowest BCUT2D eigenvalue weighted by Gasteiger charge is -2.05. The Balaban J connectivity index is 3.44. The van der Waals surface area contributed by atoms with Gasteiger partial charge in [-0.2, -0.15) is 0 Å². The van der Waals surface area contributed by atoms with Crippen LogP contribution in [-0.2, 0) is 14.3 Å². The Labute approximate surface area is 95.4 Å². The number of hydrogen-bond donors (Lipinski definition) is 3. The van der Waals surface area contributed by atoms with E-state index in [1.807, 2.05) is 6.92 Å².